The minimum atomic E-state index is -0.511. The van der Waals surface area contributed by atoms with Crippen LogP contribution in [-0.2, 0) is 0 Å². The smallest absolute Gasteiger partial charge is 0.275 e. The second-order valence-corrected chi connectivity index (χ2v) is 4.64. The van der Waals surface area contributed by atoms with E-state index in [0.29, 0.717) is 11.3 Å². The summed E-state index contributed by atoms with van der Waals surface area (Å²) < 4.78 is 0. The van der Waals surface area contributed by atoms with Crippen LogP contribution in [-0.4, -0.2) is 10.9 Å². The zero-order valence-corrected chi connectivity index (χ0v) is 11.5. The number of nitrogens with zero attached hydrogens (tertiary/aromatic N) is 2. The lowest BCUT2D eigenvalue weighted by Gasteiger charge is -2.07. The van der Waals surface area contributed by atoms with Crippen LogP contribution in [0, 0.1) is 11.3 Å². The molecule has 1 aromatic heterocycles. The predicted octanol–water partition coefficient (Wildman–Crippen LogP) is 3.09. The third kappa shape index (κ3) is 2.99. The van der Waals surface area contributed by atoms with Gasteiger partial charge in [-0.25, -0.2) is 4.98 Å². The molecular weight excluding hydrogens is 299 g/mol. The normalized spacial score (nSPS) is 9.85. The Morgan fingerprint density at radius 1 is 1.25 bits per heavy atom. The highest BCUT2D eigenvalue weighted by Crippen LogP contribution is 2.22. The van der Waals surface area contributed by atoms with E-state index >= 15 is 0 Å². The Bertz CT molecular complexity index is 725. The summed E-state index contributed by atoms with van der Waals surface area (Å²) >= 11 is 11.8. The molecule has 0 bridgehead atoms. The van der Waals surface area contributed by atoms with Crippen molar-refractivity contribution in [1.82, 2.24) is 4.98 Å². The number of anilines is 2. The summed E-state index contributed by atoms with van der Waals surface area (Å²) in [7, 11) is 0. The van der Waals surface area contributed by atoms with Crippen LogP contribution in [0.4, 0.5) is 11.5 Å². The summed E-state index contributed by atoms with van der Waals surface area (Å²) in [5.74, 6) is -0.319. The Morgan fingerprint density at radius 3 is 2.65 bits per heavy atom. The van der Waals surface area contributed by atoms with Gasteiger partial charge in [0.15, 0.2) is 0 Å². The Kier molecular flexibility index (Phi) is 4.08. The highest BCUT2D eigenvalue weighted by atomic mass is 35.5. The number of rotatable bonds is 2. The third-order valence-electron chi connectivity index (χ3n) is 2.43. The van der Waals surface area contributed by atoms with Crippen LogP contribution < -0.4 is 11.1 Å². The number of benzene rings is 1. The molecule has 3 N–H and O–H groups in total. The van der Waals surface area contributed by atoms with Crippen molar-refractivity contribution < 1.29 is 4.79 Å². The number of nitrogens with one attached hydrogen (secondary N) is 1. The molecule has 100 valence electrons. The molecule has 5 nitrogen and oxygen atoms in total. The molecule has 1 amide bonds. The number of nitrogens with two attached hydrogens (primary N) is 1. The average Bonchev–Trinajstić information content (AvgIpc) is 2.41. The van der Waals surface area contributed by atoms with E-state index in [-0.39, 0.29) is 21.6 Å². The first kappa shape index (κ1) is 14.1. The van der Waals surface area contributed by atoms with E-state index in [2.05, 4.69) is 10.3 Å². The van der Waals surface area contributed by atoms with Gasteiger partial charge in [-0.3, -0.25) is 4.79 Å². The molecule has 1 heterocycles. The third-order valence-corrected chi connectivity index (χ3v) is 3.05. The molecule has 0 radical (unpaired) electrons. The van der Waals surface area contributed by atoms with Crippen molar-refractivity contribution >= 4 is 40.6 Å². The van der Waals surface area contributed by atoms with Crippen LogP contribution in [0.2, 0.25) is 10.0 Å². The van der Waals surface area contributed by atoms with Crippen molar-refractivity contribution in [3.8, 4) is 6.07 Å². The molecule has 0 spiro atoms. The fraction of sp³-hybridized carbons (Fsp3) is 0. The number of carbonyl (C=O) groups is 1. The topological polar surface area (TPSA) is 91.8 Å². The van der Waals surface area contributed by atoms with Gasteiger partial charge in [0, 0.05) is 5.69 Å². The van der Waals surface area contributed by atoms with E-state index in [9.17, 15) is 4.79 Å². The molecule has 0 saturated carbocycles. The molecule has 0 atom stereocenters. The van der Waals surface area contributed by atoms with E-state index in [0.717, 1.165) is 0 Å². The predicted molar refractivity (Wildman–Crippen MR) is 77.8 cm³/mol. The van der Waals surface area contributed by atoms with Crippen molar-refractivity contribution in [2.24, 2.45) is 0 Å². The van der Waals surface area contributed by atoms with E-state index in [1.807, 2.05) is 6.07 Å². The van der Waals surface area contributed by atoms with Gasteiger partial charge in [-0.05, 0) is 30.3 Å². The van der Waals surface area contributed by atoms with E-state index in [4.69, 9.17) is 34.2 Å². The van der Waals surface area contributed by atoms with Gasteiger partial charge in [0.05, 0.1) is 15.6 Å². The maximum atomic E-state index is 12.0. The summed E-state index contributed by atoms with van der Waals surface area (Å²) in [6, 6.07) is 9.45. The van der Waals surface area contributed by atoms with Crippen LogP contribution in [0.15, 0.2) is 30.3 Å². The van der Waals surface area contributed by atoms with Gasteiger partial charge in [0.1, 0.15) is 17.6 Å². The Morgan fingerprint density at radius 2 is 2.00 bits per heavy atom. The standard InChI is InChI=1S/C13H8Cl2N4O/c14-9-3-4-11(17)19-12(9)13(20)18-8-2-1-7(6-16)10(15)5-8/h1-5H,(H2,17,19)(H,18,20). The molecule has 0 saturated heterocycles. The Hall–Kier alpha value is -2.29. The second kappa shape index (κ2) is 5.78. The number of halogens is 2. The van der Waals surface area contributed by atoms with Crippen LogP contribution in [0.25, 0.3) is 0 Å². The number of hydrogen-bond acceptors (Lipinski definition) is 4. The fourth-order valence-corrected chi connectivity index (χ4v) is 1.90. The van der Waals surface area contributed by atoms with Gasteiger partial charge in [-0.2, -0.15) is 5.26 Å². The number of amides is 1. The highest BCUT2D eigenvalue weighted by molar-refractivity contribution is 6.34. The number of nitriles is 1. The summed E-state index contributed by atoms with van der Waals surface area (Å²) in [4.78, 5) is 15.9. The quantitative estimate of drug-likeness (QED) is 0.891. The van der Waals surface area contributed by atoms with Gasteiger partial charge < -0.3 is 11.1 Å². The SMILES string of the molecule is N#Cc1ccc(NC(=O)c2nc(N)ccc2Cl)cc1Cl. The first-order valence-corrected chi connectivity index (χ1v) is 6.20. The van der Waals surface area contributed by atoms with Crippen LogP contribution in [0.3, 0.4) is 0 Å². The molecule has 2 aromatic rings. The van der Waals surface area contributed by atoms with Crippen molar-refractivity contribution in [3.05, 3.63) is 51.6 Å². The first-order chi connectivity index (χ1) is 9.51. The van der Waals surface area contributed by atoms with Gasteiger partial charge in [0.25, 0.3) is 5.91 Å². The lowest BCUT2D eigenvalue weighted by Crippen LogP contribution is -2.15. The second-order valence-electron chi connectivity index (χ2n) is 3.83. The van der Waals surface area contributed by atoms with Crippen molar-refractivity contribution in [2.75, 3.05) is 11.1 Å². The van der Waals surface area contributed by atoms with E-state index in [1.54, 1.807) is 6.07 Å². The molecule has 1 aromatic carbocycles. The zero-order valence-electron chi connectivity index (χ0n) is 10.0. The zero-order chi connectivity index (χ0) is 14.7. The average molecular weight is 307 g/mol. The van der Waals surface area contributed by atoms with Crippen LogP contribution >= 0.6 is 23.2 Å². The van der Waals surface area contributed by atoms with Crippen LogP contribution in [0.1, 0.15) is 16.1 Å². The van der Waals surface area contributed by atoms with Crippen molar-refractivity contribution in [1.29, 1.82) is 5.26 Å². The molecular formula is C13H8Cl2N4O. The number of nitrogen functional groups attached to an aromatic ring is 1. The number of pyridine rings is 1. The monoisotopic (exact) mass is 306 g/mol. The maximum Gasteiger partial charge on any atom is 0.275 e. The largest absolute Gasteiger partial charge is 0.384 e. The molecule has 2 rings (SSSR count). The van der Waals surface area contributed by atoms with Crippen molar-refractivity contribution in [2.45, 2.75) is 0 Å². The first-order valence-electron chi connectivity index (χ1n) is 5.44. The summed E-state index contributed by atoms with van der Waals surface area (Å²) in [6.07, 6.45) is 0. The van der Waals surface area contributed by atoms with E-state index in [1.165, 1.54) is 24.3 Å². The minimum Gasteiger partial charge on any atom is -0.384 e. The maximum absolute atomic E-state index is 12.0. The lowest BCUT2D eigenvalue weighted by molar-refractivity contribution is 0.102. The molecule has 0 unspecified atom stereocenters. The lowest BCUT2D eigenvalue weighted by atomic mass is 10.2. The molecule has 20 heavy (non-hydrogen) atoms. The van der Waals surface area contributed by atoms with Gasteiger partial charge >= 0.3 is 0 Å². The van der Waals surface area contributed by atoms with Gasteiger partial charge in [0.2, 0.25) is 0 Å². The number of hydrogen-bond donors (Lipinski definition) is 2. The summed E-state index contributed by atoms with van der Waals surface area (Å²) in [6.45, 7) is 0. The fourth-order valence-electron chi connectivity index (χ4n) is 1.49. The molecule has 0 aliphatic rings. The molecule has 0 aliphatic carbocycles. The number of carbonyl (C=O) groups excluding carboxylic acids is 1. The number of aromatic nitrogens is 1. The Labute approximate surface area is 124 Å². The Balaban J connectivity index is 2.26. The molecule has 0 aliphatic heterocycles. The summed E-state index contributed by atoms with van der Waals surface area (Å²) in [5, 5.41) is 11.8. The van der Waals surface area contributed by atoms with E-state index < -0.39 is 5.91 Å². The van der Waals surface area contributed by atoms with Crippen molar-refractivity contribution in [3.63, 3.8) is 0 Å². The summed E-state index contributed by atoms with van der Waals surface area (Å²) in [5.41, 5.74) is 6.29. The minimum absolute atomic E-state index is 0.0205. The molecule has 7 heteroatoms. The highest BCUT2D eigenvalue weighted by Gasteiger charge is 2.13. The van der Waals surface area contributed by atoms with Gasteiger partial charge in [-0.1, -0.05) is 23.2 Å². The van der Waals surface area contributed by atoms with Gasteiger partial charge in [-0.15, -0.1) is 0 Å². The van der Waals surface area contributed by atoms with Crippen LogP contribution in [0.5, 0.6) is 0 Å². The molecule has 0 fully saturated rings.